The van der Waals surface area contributed by atoms with Crippen LogP contribution in [0.3, 0.4) is 0 Å². The Morgan fingerprint density at radius 1 is 1.42 bits per heavy atom. The van der Waals surface area contributed by atoms with Crippen molar-refractivity contribution in [2.24, 2.45) is 0 Å². The highest BCUT2D eigenvalue weighted by Gasteiger charge is 2.43. The zero-order chi connectivity index (χ0) is 17.0. The van der Waals surface area contributed by atoms with Crippen LogP contribution in [0.4, 0.5) is 13.2 Å². The molecule has 138 valence electrons. The van der Waals surface area contributed by atoms with Gasteiger partial charge in [-0.15, -0.1) is 12.4 Å². The lowest BCUT2D eigenvalue weighted by Crippen LogP contribution is -2.57. The molecule has 0 aliphatic carbocycles. The van der Waals surface area contributed by atoms with Crippen molar-refractivity contribution in [1.82, 2.24) is 20.7 Å². The van der Waals surface area contributed by atoms with Crippen LogP contribution in [-0.4, -0.2) is 60.9 Å². The predicted octanol–water partition coefficient (Wildman–Crippen LogP) is 1.79. The number of nitrogens with one attached hydrogen (secondary N) is 2. The molecule has 1 saturated heterocycles. The van der Waals surface area contributed by atoms with Gasteiger partial charge >= 0.3 is 6.18 Å². The maximum absolute atomic E-state index is 13.2. The number of hydrogen-bond acceptors (Lipinski definition) is 5. The van der Waals surface area contributed by atoms with Gasteiger partial charge in [-0.2, -0.15) is 13.2 Å². The number of carbonyl (C=O) groups excluding carboxylic acids is 1. The molecule has 1 aliphatic heterocycles. The Labute approximate surface area is 144 Å². The number of alkyl halides is 3. The van der Waals surface area contributed by atoms with Crippen molar-refractivity contribution in [3.63, 3.8) is 0 Å². The molecule has 0 saturated carbocycles. The molecule has 2 N–H and O–H groups in total. The van der Waals surface area contributed by atoms with Crippen LogP contribution in [0.5, 0.6) is 0 Å². The summed E-state index contributed by atoms with van der Waals surface area (Å²) in [7, 11) is 0. The lowest BCUT2D eigenvalue weighted by Gasteiger charge is -2.35. The smallest absolute Gasteiger partial charge is 0.351 e. The van der Waals surface area contributed by atoms with Crippen molar-refractivity contribution >= 4 is 18.3 Å². The number of amides is 1. The maximum Gasteiger partial charge on any atom is 0.405 e. The average molecular weight is 371 g/mol. The van der Waals surface area contributed by atoms with Gasteiger partial charge in [0.05, 0.1) is 5.69 Å². The van der Waals surface area contributed by atoms with E-state index in [1.165, 1.54) is 11.0 Å². The highest BCUT2D eigenvalue weighted by atomic mass is 35.5. The van der Waals surface area contributed by atoms with Crippen LogP contribution in [-0.2, 0) is 0 Å². The van der Waals surface area contributed by atoms with Gasteiger partial charge in [0.2, 0.25) is 5.76 Å². The third-order valence-electron chi connectivity index (χ3n) is 3.77. The van der Waals surface area contributed by atoms with E-state index in [2.05, 4.69) is 15.8 Å². The Morgan fingerprint density at radius 2 is 2.04 bits per heavy atom. The fraction of sp³-hybridized carbons (Fsp3) is 0.714. The van der Waals surface area contributed by atoms with Crippen molar-refractivity contribution in [1.29, 1.82) is 0 Å². The zero-order valence-corrected chi connectivity index (χ0v) is 14.3. The Bertz CT molecular complexity index is 530. The highest BCUT2D eigenvalue weighted by Crippen LogP contribution is 2.25. The number of rotatable bonds is 5. The van der Waals surface area contributed by atoms with E-state index >= 15 is 0 Å². The van der Waals surface area contributed by atoms with E-state index in [9.17, 15) is 18.0 Å². The minimum absolute atomic E-state index is 0. The van der Waals surface area contributed by atoms with E-state index in [1.807, 2.05) is 13.8 Å². The standard InChI is InChI=1S/C14H21F3N4O2.ClH/c1-9(2)10-7-11(23-20-10)13(22)19-8-12(14(15,16)17)21-5-3-18-4-6-21;/h7,9,12,18H,3-6,8H2,1-2H3,(H,19,22);1H. The molecule has 0 aromatic carbocycles. The van der Waals surface area contributed by atoms with E-state index in [4.69, 9.17) is 4.52 Å². The molecule has 2 rings (SSSR count). The SMILES string of the molecule is CC(C)c1cc(C(=O)NCC(N2CCNCC2)C(F)(F)F)on1.Cl. The first-order valence-electron chi connectivity index (χ1n) is 7.55. The van der Waals surface area contributed by atoms with Gasteiger partial charge in [-0.25, -0.2) is 0 Å². The van der Waals surface area contributed by atoms with Gasteiger partial charge < -0.3 is 15.2 Å². The summed E-state index contributed by atoms with van der Waals surface area (Å²) in [6.45, 7) is 4.83. The van der Waals surface area contributed by atoms with E-state index in [0.29, 0.717) is 31.9 Å². The molecule has 1 aliphatic rings. The Morgan fingerprint density at radius 3 is 2.54 bits per heavy atom. The van der Waals surface area contributed by atoms with Crippen molar-refractivity contribution in [2.75, 3.05) is 32.7 Å². The third-order valence-corrected chi connectivity index (χ3v) is 3.77. The van der Waals surface area contributed by atoms with Gasteiger partial charge in [0, 0.05) is 38.8 Å². The summed E-state index contributed by atoms with van der Waals surface area (Å²) < 4.78 is 44.5. The van der Waals surface area contributed by atoms with Crippen LogP contribution in [0.1, 0.15) is 36.0 Å². The fourth-order valence-corrected chi connectivity index (χ4v) is 2.39. The molecule has 0 bridgehead atoms. The molecule has 2 heterocycles. The first-order valence-corrected chi connectivity index (χ1v) is 7.55. The molecular weight excluding hydrogens is 349 g/mol. The van der Waals surface area contributed by atoms with Crippen molar-refractivity contribution in [2.45, 2.75) is 32.0 Å². The first kappa shape index (κ1) is 20.7. The molecule has 1 aromatic rings. The number of hydrogen-bond donors (Lipinski definition) is 2. The minimum Gasteiger partial charge on any atom is -0.351 e. The summed E-state index contributed by atoms with van der Waals surface area (Å²) in [6, 6.07) is -0.256. The molecule has 1 aromatic heterocycles. The molecule has 1 unspecified atom stereocenters. The topological polar surface area (TPSA) is 70.4 Å². The van der Waals surface area contributed by atoms with E-state index < -0.39 is 24.7 Å². The largest absolute Gasteiger partial charge is 0.405 e. The molecule has 1 fully saturated rings. The van der Waals surface area contributed by atoms with Gasteiger partial charge in [-0.1, -0.05) is 19.0 Å². The van der Waals surface area contributed by atoms with Crippen molar-refractivity contribution < 1.29 is 22.5 Å². The van der Waals surface area contributed by atoms with Crippen molar-refractivity contribution in [3.05, 3.63) is 17.5 Å². The number of nitrogens with zero attached hydrogens (tertiary/aromatic N) is 2. The normalized spacial score (nSPS) is 17.4. The molecule has 1 atom stereocenters. The summed E-state index contributed by atoms with van der Waals surface area (Å²) in [4.78, 5) is 13.3. The monoisotopic (exact) mass is 370 g/mol. The van der Waals surface area contributed by atoms with Gasteiger partial charge in [-0.3, -0.25) is 9.69 Å². The second kappa shape index (κ2) is 8.68. The summed E-state index contributed by atoms with van der Waals surface area (Å²) in [6.07, 6.45) is -4.41. The van der Waals surface area contributed by atoms with E-state index in [0.717, 1.165) is 0 Å². The molecule has 24 heavy (non-hydrogen) atoms. The van der Waals surface area contributed by atoms with Crippen LogP contribution in [0.15, 0.2) is 10.6 Å². The fourth-order valence-electron chi connectivity index (χ4n) is 2.39. The predicted molar refractivity (Wildman–Crippen MR) is 84.5 cm³/mol. The van der Waals surface area contributed by atoms with Gasteiger partial charge in [0.1, 0.15) is 6.04 Å². The zero-order valence-electron chi connectivity index (χ0n) is 13.5. The number of halogens is 4. The Balaban J connectivity index is 0.00000288. The van der Waals surface area contributed by atoms with Crippen LogP contribution >= 0.6 is 12.4 Å². The van der Waals surface area contributed by atoms with Crippen LogP contribution in [0.25, 0.3) is 0 Å². The summed E-state index contributed by atoms with van der Waals surface area (Å²) in [5, 5.41) is 9.03. The number of carbonyl (C=O) groups is 1. The van der Waals surface area contributed by atoms with E-state index in [-0.39, 0.29) is 24.1 Å². The lowest BCUT2D eigenvalue weighted by molar-refractivity contribution is -0.183. The molecule has 0 spiro atoms. The second-order valence-electron chi connectivity index (χ2n) is 5.82. The maximum atomic E-state index is 13.2. The summed E-state index contributed by atoms with van der Waals surface area (Å²) >= 11 is 0. The first-order chi connectivity index (χ1) is 10.8. The Hall–Kier alpha value is -1.32. The van der Waals surface area contributed by atoms with E-state index in [1.54, 1.807) is 0 Å². The second-order valence-corrected chi connectivity index (χ2v) is 5.82. The van der Waals surface area contributed by atoms with Crippen LogP contribution in [0, 0.1) is 0 Å². The molecule has 1 amide bonds. The third kappa shape index (κ3) is 5.35. The van der Waals surface area contributed by atoms with Crippen LogP contribution < -0.4 is 10.6 Å². The van der Waals surface area contributed by atoms with Gasteiger partial charge in [0.15, 0.2) is 0 Å². The van der Waals surface area contributed by atoms with Gasteiger partial charge in [-0.05, 0) is 5.92 Å². The highest BCUT2D eigenvalue weighted by molar-refractivity contribution is 5.91. The summed E-state index contributed by atoms with van der Waals surface area (Å²) in [5.74, 6) is -0.687. The van der Waals surface area contributed by atoms with Crippen molar-refractivity contribution in [3.8, 4) is 0 Å². The Kier molecular flexibility index (Phi) is 7.50. The molecule has 6 nitrogen and oxygen atoms in total. The molecular formula is C14H22ClF3N4O2. The quantitative estimate of drug-likeness (QED) is 0.827. The lowest BCUT2D eigenvalue weighted by atomic mass is 10.1. The van der Waals surface area contributed by atoms with Gasteiger partial charge in [0.25, 0.3) is 5.91 Å². The number of aromatic nitrogens is 1. The number of piperazine rings is 1. The average Bonchev–Trinajstić information content (AvgIpc) is 2.97. The minimum atomic E-state index is -4.41. The molecule has 10 heteroatoms. The molecule has 0 radical (unpaired) electrons. The van der Waals surface area contributed by atoms with Crippen LogP contribution in [0.2, 0.25) is 0 Å². The summed E-state index contributed by atoms with van der Waals surface area (Å²) in [5.41, 5.74) is 0.588.